The summed E-state index contributed by atoms with van der Waals surface area (Å²) >= 11 is 1.60. The summed E-state index contributed by atoms with van der Waals surface area (Å²) in [7, 11) is 7.70. The number of benzene rings is 2. The third-order valence-corrected chi connectivity index (χ3v) is 4.72. The summed E-state index contributed by atoms with van der Waals surface area (Å²) in [5.74, 6) is 0.849. The van der Waals surface area contributed by atoms with Gasteiger partial charge in [-0.15, -0.1) is 0 Å². The lowest BCUT2D eigenvalue weighted by Crippen LogP contribution is -2.25. The van der Waals surface area contributed by atoms with Gasteiger partial charge in [0.15, 0.2) is 0 Å². The minimum absolute atomic E-state index is 0.839. The second-order valence-electron chi connectivity index (χ2n) is 5.39. The number of aryl methyl sites for hydroxylation is 1. The van der Waals surface area contributed by atoms with Gasteiger partial charge in [0.2, 0.25) is 0 Å². The second-order valence-corrected chi connectivity index (χ2v) is 6.40. The van der Waals surface area contributed by atoms with Crippen LogP contribution >= 0.6 is 11.3 Å². The van der Waals surface area contributed by atoms with Crippen molar-refractivity contribution in [3.63, 3.8) is 0 Å². The normalized spacial score (nSPS) is 11.3. The van der Waals surface area contributed by atoms with Gasteiger partial charge in [-0.1, -0.05) is 0 Å². The van der Waals surface area contributed by atoms with E-state index in [0.29, 0.717) is 0 Å². The Balaban J connectivity index is 1.89. The zero-order valence-corrected chi connectivity index (χ0v) is 14.5. The summed E-state index contributed by atoms with van der Waals surface area (Å²) in [6.07, 6.45) is 0. The molecular formula is C17H19N4OS+. The first-order valence-corrected chi connectivity index (χ1v) is 8.06. The van der Waals surface area contributed by atoms with Crippen molar-refractivity contribution >= 4 is 38.1 Å². The fourth-order valence-electron chi connectivity index (χ4n) is 2.26. The molecule has 0 saturated carbocycles. The molecule has 3 aromatic rings. The van der Waals surface area contributed by atoms with E-state index in [1.165, 1.54) is 0 Å². The van der Waals surface area contributed by atoms with Gasteiger partial charge in [-0.25, -0.2) is 4.57 Å². The Labute approximate surface area is 139 Å². The van der Waals surface area contributed by atoms with E-state index in [9.17, 15) is 0 Å². The first kappa shape index (κ1) is 15.4. The van der Waals surface area contributed by atoms with Gasteiger partial charge in [0.1, 0.15) is 17.0 Å². The molecule has 0 spiro atoms. The minimum atomic E-state index is 0.839. The topological polar surface area (TPSA) is 41.1 Å². The van der Waals surface area contributed by atoms with Crippen LogP contribution in [-0.4, -0.2) is 21.2 Å². The molecule has 0 radical (unpaired) electrons. The third kappa shape index (κ3) is 3.17. The Bertz CT molecular complexity index is 853. The second kappa shape index (κ2) is 6.34. The number of fused-ring (bicyclic) bond motifs is 1. The van der Waals surface area contributed by atoms with Crippen LogP contribution in [0.3, 0.4) is 0 Å². The number of hydrogen-bond acceptors (Lipinski definition) is 5. The molecule has 0 N–H and O–H groups in total. The maximum atomic E-state index is 5.27. The Hall–Kier alpha value is -2.47. The van der Waals surface area contributed by atoms with Gasteiger partial charge in [-0.05, 0) is 52.8 Å². The van der Waals surface area contributed by atoms with Crippen molar-refractivity contribution < 1.29 is 9.30 Å². The molecule has 3 rings (SSSR count). The Morgan fingerprint density at radius 2 is 1.78 bits per heavy atom. The summed E-state index contributed by atoms with van der Waals surface area (Å²) in [6.45, 7) is 0. The first-order chi connectivity index (χ1) is 11.1. The van der Waals surface area contributed by atoms with Crippen LogP contribution < -0.4 is 14.2 Å². The smallest absolute Gasteiger partial charge is 0.409 e. The average molecular weight is 327 g/mol. The standard InChI is InChI=1S/C17H19N4OS/c1-20(2)13-7-5-12(6-8-13)18-19-17-21(3)15-10-9-14(22-4)11-16(15)23-17/h5-11H,1-4H3/q+1. The number of hydrogen-bond donors (Lipinski definition) is 0. The molecule has 23 heavy (non-hydrogen) atoms. The number of ether oxygens (including phenoxy) is 1. The molecule has 0 amide bonds. The number of anilines is 1. The molecule has 118 valence electrons. The zero-order chi connectivity index (χ0) is 16.4. The van der Waals surface area contributed by atoms with Crippen molar-refractivity contribution in [3.05, 3.63) is 42.5 Å². The van der Waals surface area contributed by atoms with Gasteiger partial charge < -0.3 is 9.64 Å². The number of nitrogens with zero attached hydrogens (tertiary/aromatic N) is 4. The van der Waals surface area contributed by atoms with E-state index in [-0.39, 0.29) is 0 Å². The molecule has 0 fully saturated rings. The fraction of sp³-hybridized carbons (Fsp3) is 0.235. The van der Waals surface area contributed by atoms with E-state index in [1.807, 2.05) is 68.2 Å². The summed E-state index contributed by atoms with van der Waals surface area (Å²) in [4.78, 5) is 2.06. The summed E-state index contributed by atoms with van der Waals surface area (Å²) < 4.78 is 8.44. The Kier molecular flexibility index (Phi) is 4.25. The molecule has 1 heterocycles. The maximum Gasteiger partial charge on any atom is 0.409 e. The van der Waals surface area contributed by atoms with Crippen LogP contribution in [0, 0.1) is 0 Å². The number of methoxy groups -OCH3 is 1. The van der Waals surface area contributed by atoms with Gasteiger partial charge >= 0.3 is 5.13 Å². The van der Waals surface area contributed by atoms with Crippen molar-refractivity contribution in [2.24, 2.45) is 17.3 Å². The maximum absolute atomic E-state index is 5.27. The van der Waals surface area contributed by atoms with E-state index in [4.69, 9.17) is 4.74 Å². The summed E-state index contributed by atoms with van der Waals surface area (Å²) in [6, 6.07) is 14.0. The van der Waals surface area contributed by atoms with E-state index in [2.05, 4.69) is 15.1 Å². The minimum Gasteiger partial charge on any atom is -0.497 e. The van der Waals surface area contributed by atoms with Gasteiger partial charge in [0.25, 0.3) is 0 Å². The van der Waals surface area contributed by atoms with Gasteiger partial charge in [0, 0.05) is 25.8 Å². The van der Waals surface area contributed by atoms with Crippen LogP contribution in [0.4, 0.5) is 16.5 Å². The van der Waals surface area contributed by atoms with Gasteiger partial charge in [0.05, 0.1) is 24.0 Å². The zero-order valence-electron chi connectivity index (χ0n) is 13.6. The third-order valence-electron chi connectivity index (χ3n) is 3.63. The SMILES string of the molecule is COc1ccc2c(c1)sc(N=Nc1ccc(N(C)C)cc1)[n+]2C. The molecule has 1 aromatic heterocycles. The monoisotopic (exact) mass is 327 g/mol. The van der Waals surface area contributed by atoms with Crippen LogP contribution in [0.15, 0.2) is 52.7 Å². The largest absolute Gasteiger partial charge is 0.497 e. The number of thiazole rings is 1. The highest BCUT2D eigenvalue weighted by atomic mass is 32.1. The van der Waals surface area contributed by atoms with Crippen molar-refractivity contribution in [3.8, 4) is 5.75 Å². The molecule has 0 unspecified atom stereocenters. The Morgan fingerprint density at radius 3 is 2.43 bits per heavy atom. The average Bonchev–Trinajstić information content (AvgIpc) is 2.88. The van der Waals surface area contributed by atoms with Gasteiger partial charge in [-0.2, -0.15) is 0 Å². The highest BCUT2D eigenvalue weighted by Crippen LogP contribution is 2.30. The summed E-state index contributed by atoms with van der Waals surface area (Å²) in [5.41, 5.74) is 3.10. The van der Waals surface area contributed by atoms with Crippen LogP contribution in [0.1, 0.15) is 0 Å². The van der Waals surface area contributed by atoms with Crippen LogP contribution in [-0.2, 0) is 7.05 Å². The molecule has 0 aliphatic carbocycles. The van der Waals surface area contributed by atoms with E-state index >= 15 is 0 Å². The number of rotatable bonds is 4. The first-order valence-electron chi connectivity index (χ1n) is 7.24. The molecule has 0 saturated heterocycles. The van der Waals surface area contributed by atoms with Crippen molar-refractivity contribution in [1.82, 2.24) is 0 Å². The predicted molar refractivity (Wildman–Crippen MR) is 94.5 cm³/mol. The van der Waals surface area contributed by atoms with E-state index in [0.717, 1.165) is 32.5 Å². The lowest BCUT2D eigenvalue weighted by Gasteiger charge is -2.11. The predicted octanol–water partition coefficient (Wildman–Crippen LogP) is 4.22. The molecule has 0 aliphatic rings. The lowest BCUT2D eigenvalue weighted by molar-refractivity contribution is -0.627. The molecule has 0 bridgehead atoms. The molecule has 6 heteroatoms. The fourth-order valence-corrected chi connectivity index (χ4v) is 3.25. The Morgan fingerprint density at radius 1 is 1.04 bits per heavy atom. The van der Waals surface area contributed by atoms with Crippen molar-refractivity contribution in [2.45, 2.75) is 0 Å². The van der Waals surface area contributed by atoms with Gasteiger partial charge in [-0.3, -0.25) is 0 Å². The van der Waals surface area contributed by atoms with E-state index < -0.39 is 0 Å². The number of azo groups is 1. The molecule has 0 atom stereocenters. The van der Waals surface area contributed by atoms with Crippen molar-refractivity contribution in [1.29, 1.82) is 0 Å². The molecule has 2 aromatic carbocycles. The van der Waals surface area contributed by atoms with Crippen LogP contribution in [0.5, 0.6) is 5.75 Å². The van der Waals surface area contributed by atoms with Crippen molar-refractivity contribution in [2.75, 3.05) is 26.1 Å². The van der Waals surface area contributed by atoms with Crippen LogP contribution in [0.2, 0.25) is 0 Å². The molecule has 0 aliphatic heterocycles. The highest BCUT2D eigenvalue weighted by Gasteiger charge is 2.16. The molecule has 5 nitrogen and oxygen atoms in total. The highest BCUT2D eigenvalue weighted by molar-refractivity contribution is 7.21. The van der Waals surface area contributed by atoms with E-state index in [1.54, 1.807) is 18.4 Å². The summed E-state index contributed by atoms with van der Waals surface area (Å²) in [5, 5.41) is 9.59. The molecular weight excluding hydrogens is 308 g/mol. The number of aromatic nitrogens is 1. The van der Waals surface area contributed by atoms with Crippen LogP contribution in [0.25, 0.3) is 10.2 Å². The lowest BCUT2D eigenvalue weighted by atomic mass is 10.3. The quantitative estimate of drug-likeness (QED) is 0.532.